The Morgan fingerprint density at radius 2 is 2.31 bits per heavy atom. The number of alkyl halides is 1. The quantitative estimate of drug-likeness (QED) is 0.765. The number of furan rings is 1. The molecule has 0 saturated heterocycles. The van der Waals surface area contributed by atoms with E-state index in [1.165, 1.54) is 6.26 Å². The van der Waals surface area contributed by atoms with Crippen molar-refractivity contribution in [3.63, 3.8) is 0 Å². The van der Waals surface area contributed by atoms with Crippen molar-refractivity contribution in [2.45, 2.75) is 32.5 Å². The molecule has 3 atom stereocenters. The van der Waals surface area contributed by atoms with Gasteiger partial charge in [-0.1, -0.05) is 6.92 Å². The minimum atomic E-state index is -0.878. The summed E-state index contributed by atoms with van der Waals surface area (Å²) in [6.07, 6.45) is 1.89. The van der Waals surface area contributed by atoms with Gasteiger partial charge in [-0.05, 0) is 18.9 Å². The first-order valence-corrected chi connectivity index (χ1v) is 4.40. The lowest BCUT2D eigenvalue weighted by Gasteiger charge is -2.16. The summed E-state index contributed by atoms with van der Waals surface area (Å²) in [5.41, 5.74) is 1.00. The minimum Gasteiger partial charge on any atom is -0.472 e. The van der Waals surface area contributed by atoms with Gasteiger partial charge in [-0.2, -0.15) is 0 Å². The Morgan fingerprint density at radius 3 is 2.69 bits per heavy atom. The van der Waals surface area contributed by atoms with Gasteiger partial charge < -0.3 is 9.52 Å². The molecule has 1 saturated carbocycles. The van der Waals surface area contributed by atoms with Crippen molar-refractivity contribution in [1.82, 2.24) is 0 Å². The van der Waals surface area contributed by atoms with Gasteiger partial charge in [0.05, 0.1) is 18.6 Å². The van der Waals surface area contributed by atoms with Crippen molar-refractivity contribution < 1.29 is 13.9 Å². The molecule has 0 aliphatic heterocycles. The van der Waals surface area contributed by atoms with Crippen LogP contribution in [0.25, 0.3) is 0 Å². The molecule has 1 aromatic rings. The molecule has 3 heteroatoms. The third-order valence-electron chi connectivity index (χ3n) is 2.99. The summed E-state index contributed by atoms with van der Waals surface area (Å²) in [6, 6.07) is 0. The maximum Gasteiger partial charge on any atom is 0.109 e. The van der Waals surface area contributed by atoms with Crippen molar-refractivity contribution in [3.8, 4) is 0 Å². The molecule has 2 rings (SSSR count). The highest BCUT2D eigenvalue weighted by Crippen LogP contribution is 2.56. The number of aliphatic hydroxyl groups excluding tert-OH is 1. The number of aryl methyl sites for hydroxylation is 1. The zero-order valence-electron chi connectivity index (χ0n) is 7.75. The lowest BCUT2D eigenvalue weighted by molar-refractivity contribution is 0.0863. The Morgan fingerprint density at radius 1 is 1.69 bits per heavy atom. The zero-order chi connectivity index (χ0) is 9.64. The Balaban J connectivity index is 2.24. The largest absolute Gasteiger partial charge is 0.472 e. The Kier molecular flexibility index (Phi) is 1.74. The van der Waals surface area contributed by atoms with E-state index in [0.29, 0.717) is 12.0 Å². The number of hydrogen-bond acceptors (Lipinski definition) is 2. The first-order chi connectivity index (χ1) is 6.05. The van der Waals surface area contributed by atoms with Gasteiger partial charge in [-0.25, -0.2) is 4.39 Å². The van der Waals surface area contributed by atoms with Crippen LogP contribution in [-0.4, -0.2) is 11.3 Å². The molecular formula is C10H13FO2. The number of aliphatic hydroxyl groups is 1. The van der Waals surface area contributed by atoms with Crippen molar-refractivity contribution >= 4 is 0 Å². The van der Waals surface area contributed by atoms with Crippen molar-refractivity contribution in [2.24, 2.45) is 5.41 Å². The van der Waals surface area contributed by atoms with Gasteiger partial charge in [0.2, 0.25) is 0 Å². The number of halogens is 1. The van der Waals surface area contributed by atoms with Crippen LogP contribution >= 0.6 is 0 Å². The monoisotopic (exact) mass is 184 g/mol. The molecule has 1 fully saturated rings. The molecule has 72 valence electrons. The molecule has 1 aliphatic rings. The van der Waals surface area contributed by atoms with Gasteiger partial charge in [-0.3, -0.25) is 0 Å². The second-order valence-electron chi connectivity index (χ2n) is 4.09. The smallest absolute Gasteiger partial charge is 0.109 e. The molecule has 1 N–H and O–H groups in total. The minimum absolute atomic E-state index is 0.443. The van der Waals surface area contributed by atoms with Crippen LogP contribution in [0.2, 0.25) is 0 Å². The molecule has 0 radical (unpaired) electrons. The summed E-state index contributed by atoms with van der Waals surface area (Å²) < 4.78 is 17.9. The lowest BCUT2D eigenvalue weighted by Crippen LogP contribution is -2.13. The van der Waals surface area contributed by atoms with E-state index in [-0.39, 0.29) is 0 Å². The van der Waals surface area contributed by atoms with E-state index in [0.717, 1.165) is 5.56 Å². The van der Waals surface area contributed by atoms with E-state index >= 15 is 0 Å². The van der Waals surface area contributed by atoms with Crippen LogP contribution in [0.3, 0.4) is 0 Å². The van der Waals surface area contributed by atoms with E-state index < -0.39 is 17.7 Å². The van der Waals surface area contributed by atoms with E-state index in [1.54, 1.807) is 13.2 Å². The molecule has 1 aromatic heterocycles. The average molecular weight is 184 g/mol. The molecule has 0 spiro atoms. The normalized spacial score (nSPS) is 34.6. The highest BCUT2D eigenvalue weighted by atomic mass is 19.1. The summed E-state index contributed by atoms with van der Waals surface area (Å²) in [4.78, 5) is 0. The third kappa shape index (κ3) is 1.18. The van der Waals surface area contributed by atoms with Crippen LogP contribution in [-0.2, 0) is 0 Å². The predicted octanol–water partition coefficient (Wildman–Crippen LogP) is 2.37. The fourth-order valence-electron chi connectivity index (χ4n) is 1.62. The zero-order valence-corrected chi connectivity index (χ0v) is 7.75. The average Bonchev–Trinajstić information content (AvgIpc) is 2.52. The van der Waals surface area contributed by atoms with Crippen LogP contribution < -0.4 is 0 Å². The highest BCUT2D eigenvalue weighted by Gasteiger charge is 2.57. The molecular weight excluding hydrogens is 171 g/mol. The number of rotatable bonds is 2. The van der Waals surface area contributed by atoms with E-state index in [9.17, 15) is 9.50 Å². The van der Waals surface area contributed by atoms with E-state index in [4.69, 9.17) is 4.42 Å². The van der Waals surface area contributed by atoms with Crippen molar-refractivity contribution in [1.29, 1.82) is 0 Å². The van der Waals surface area contributed by atoms with Crippen LogP contribution in [0.4, 0.5) is 4.39 Å². The van der Waals surface area contributed by atoms with Crippen LogP contribution in [0.15, 0.2) is 16.9 Å². The molecule has 1 aliphatic carbocycles. The summed E-state index contributed by atoms with van der Waals surface area (Å²) in [7, 11) is 0. The maximum atomic E-state index is 12.9. The second-order valence-corrected chi connectivity index (χ2v) is 4.09. The van der Waals surface area contributed by atoms with Crippen LogP contribution in [0.1, 0.15) is 30.6 Å². The van der Waals surface area contributed by atoms with Crippen LogP contribution in [0, 0.1) is 12.3 Å². The predicted molar refractivity (Wildman–Crippen MR) is 46.0 cm³/mol. The first kappa shape index (κ1) is 8.75. The molecule has 3 unspecified atom stereocenters. The standard InChI is InChI=1S/C10H13FO2/c1-6-4-13-5-7(6)9(12)10(2)3-8(10)11/h4-5,8-9,12H,3H2,1-2H3. The SMILES string of the molecule is Cc1cocc1C(O)C1(C)CC1F. The molecule has 1 heterocycles. The van der Waals surface area contributed by atoms with Crippen LogP contribution in [0.5, 0.6) is 0 Å². The van der Waals surface area contributed by atoms with Gasteiger partial charge in [0, 0.05) is 11.0 Å². The van der Waals surface area contributed by atoms with Crippen molar-refractivity contribution in [2.75, 3.05) is 0 Å². The van der Waals surface area contributed by atoms with E-state index in [2.05, 4.69) is 0 Å². The van der Waals surface area contributed by atoms with Gasteiger partial charge in [0.15, 0.2) is 0 Å². The number of hydrogen-bond donors (Lipinski definition) is 1. The van der Waals surface area contributed by atoms with Gasteiger partial charge in [0.1, 0.15) is 6.17 Å². The maximum absolute atomic E-state index is 12.9. The Hall–Kier alpha value is -0.830. The first-order valence-electron chi connectivity index (χ1n) is 4.40. The summed E-state index contributed by atoms with van der Waals surface area (Å²) in [5.74, 6) is 0. The summed E-state index contributed by atoms with van der Waals surface area (Å²) in [5, 5.41) is 9.86. The second kappa shape index (κ2) is 2.58. The third-order valence-corrected chi connectivity index (χ3v) is 2.99. The molecule has 13 heavy (non-hydrogen) atoms. The Labute approximate surface area is 76.4 Å². The van der Waals surface area contributed by atoms with E-state index in [1.807, 2.05) is 6.92 Å². The lowest BCUT2D eigenvalue weighted by atomic mass is 9.94. The van der Waals surface area contributed by atoms with Gasteiger partial charge >= 0.3 is 0 Å². The molecule has 0 amide bonds. The van der Waals surface area contributed by atoms with Gasteiger partial charge in [0.25, 0.3) is 0 Å². The Bertz CT molecular complexity index is 320. The van der Waals surface area contributed by atoms with Crippen molar-refractivity contribution in [3.05, 3.63) is 23.7 Å². The molecule has 0 aromatic carbocycles. The fourth-order valence-corrected chi connectivity index (χ4v) is 1.62. The summed E-state index contributed by atoms with van der Waals surface area (Å²) in [6.45, 7) is 3.61. The highest BCUT2D eigenvalue weighted by molar-refractivity contribution is 5.26. The molecule has 0 bridgehead atoms. The summed E-state index contributed by atoms with van der Waals surface area (Å²) >= 11 is 0. The topological polar surface area (TPSA) is 33.4 Å². The fraction of sp³-hybridized carbons (Fsp3) is 0.600. The van der Waals surface area contributed by atoms with Gasteiger partial charge in [-0.15, -0.1) is 0 Å². The molecule has 2 nitrogen and oxygen atoms in total.